The number of amides is 2. The molecule has 7 N–H and O–H groups in total. The lowest BCUT2D eigenvalue weighted by Crippen LogP contribution is -2.63. The number of hydrogen-bond donors (Lipinski definition) is 6. The van der Waals surface area contributed by atoms with Crippen LogP contribution >= 0.6 is 0 Å². The van der Waals surface area contributed by atoms with Gasteiger partial charge in [0, 0.05) is 36.0 Å². The molecule has 0 radical (unpaired) electrons. The van der Waals surface area contributed by atoms with Crippen molar-refractivity contribution in [3.05, 3.63) is 81.1 Å². The van der Waals surface area contributed by atoms with Crippen LogP contribution in [0.25, 0.3) is 0 Å². The number of allylic oxidation sites excluding steroid dienone is 1. The number of primary amides is 1. The molecule has 3 aliphatic carbocycles. The zero-order chi connectivity index (χ0) is 30.7. The van der Waals surface area contributed by atoms with E-state index in [0.29, 0.717) is 17.5 Å². The summed E-state index contributed by atoms with van der Waals surface area (Å²) in [6.45, 7) is 1.77. The predicted molar refractivity (Wildman–Crippen MR) is 148 cm³/mol. The van der Waals surface area contributed by atoms with Crippen LogP contribution in [0.5, 0.6) is 5.75 Å². The Morgan fingerprint density at radius 3 is 2.50 bits per heavy atom. The van der Waals surface area contributed by atoms with E-state index in [1.54, 1.807) is 32.3 Å². The Hall–Kier alpha value is -4.55. The molecule has 4 unspecified atom stereocenters. The standard InChI is InChI=1S/C30H32N4O8/c1-4-13-8-16(12-33-29(41)14-6-5-7-32-11-14)23(35)20-17(13)9-15-10-18-22(34(2)3)25(37)21(28(31)40)27(39)30(18,42)26(38)19(15)24(20)36/h5-8,11,15,18,22,35,37-38,42H,4,9-10,12H2,1-3H3,(H2,31,40)(H,33,41). The van der Waals surface area contributed by atoms with Gasteiger partial charge in [-0.25, -0.2) is 0 Å². The molecular weight excluding hydrogens is 544 g/mol. The van der Waals surface area contributed by atoms with Crippen molar-refractivity contribution in [2.45, 2.75) is 44.4 Å². The lowest BCUT2D eigenvalue weighted by atomic mass is 9.58. The molecule has 4 atom stereocenters. The number of nitrogens with two attached hydrogens (primary N) is 1. The van der Waals surface area contributed by atoms with E-state index in [4.69, 9.17) is 5.73 Å². The van der Waals surface area contributed by atoms with Gasteiger partial charge in [-0.05, 0) is 62.5 Å². The average molecular weight is 577 g/mol. The molecule has 0 spiro atoms. The molecule has 12 nitrogen and oxygen atoms in total. The Bertz CT molecular complexity index is 1600. The average Bonchev–Trinajstić information content (AvgIpc) is 2.94. The number of nitrogens with one attached hydrogen (secondary N) is 1. The number of aryl methyl sites for hydroxylation is 1. The number of hydrogen-bond acceptors (Lipinski definition) is 10. The fourth-order valence-corrected chi connectivity index (χ4v) is 6.68. The molecule has 0 aliphatic heterocycles. The number of nitrogens with zero attached hydrogens (tertiary/aromatic N) is 2. The Labute approximate surface area is 241 Å². The fraction of sp³-hybridized carbons (Fsp3) is 0.367. The van der Waals surface area contributed by atoms with Gasteiger partial charge in [0.1, 0.15) is 22.8 Å². The third kappa shape index (κ3) is 4.17. The van der Waals surface area contributed by atoms with Gasteiger partial charge in [-0.2, -0.15) is 0 Å². The number of pyridine rings is 1. The number of Topliss-reactive ketones (excluding diaryl/α,β-unsaturated/α-hetero) is 2. The Morgan fingerprint density at radius 2 is 1.90 bits per heavy atom. The first-order chi connectivity index (χ1) is 19.8. The van der Waals surface area contributed by atoms with Crippen LogP contribution in [0.1, 0.15) is 50.8 Å². The van der Waals surface area contributed by atoms with Crippen LogP contribution in [0.3, 0.4) is 0 Å². The van der Waals surface area contributed by atoms with E-state index in [1.807, 2.05) is 6.92 Å². The maximum atomic E-state index is 14.0. The Balaban J connectivity index is 1.60. The second-order valence-corrected chi connectivity index (χ2v) is 11.1. The zero-order valence-corrected chi connectivity index (χ0v) is 23.3. The number of rotatable bonds is 6. The minimum absolute atomic E-state index is 0.0125. The van der Waals surface area contributed by atoms with E-state index in [1.165, 1.54) is 17.3 Å². The number of carbonyl (C=O) groups is 4. The zero-order valence-electron chi connectivity index (χ0n) is 23.3. The molecule has 0 fully saturated rings. The van der Waals surface area contributed by atoms with Crippen molar-refractivity contribution >= 4 is 23.4 Å². The van der Waals surface area contributed by atoms with E-state index >= 15 is 0 Å². The van der Waals surface area contributed by atoms with Gasteiger partial charge in [-0.15, -0.1) is 0 Å². The Morgan fingerprint density at radius 1 is 1.19 bits per heavy atom. The van der Waals surface area contributed by atoms with E-state index < -0.39 is 64.0 Å². The van der Waals surface area contributed by atoms with Crippen LogP contribution in [-0.4, -0.2) is 79.4 Å². The SMILES string of the molecule is CCc1cc(CNC(=O)c2cccnc2)c(O)c2c1CC1CC3C(N(C)C)C(O)=C(C(N)=O)C(=O)C3(O)C(O)=C1C2=O. The first-order valence-corrected chi connectivity index (χ1v) is 13.5. The number of aromatic hydroxyl groups is 1. The molecule has 0 saturated carbocycles. The van der Waals surface area contributed by atoms with Crippen molar-refractivity contribution in [3.8, 4) is 5.75 Å². The van der Waals surface area contributed by atoms with E-state index in [9.17, 15) is 39.6 Å². The van der Waals surface area contributed by atoms with Gasteiger partial charge in [0.15, 0.2) is 11.4 Å². The van der Waals surface area contributed by atoms with E-state index in [2.05, 4.69) is 10.3 Å². The van der Waals surface area contributed by atoms with Crippen molar-refractivity contribution in [1.82, 2.24) is 15.2 Å². The monoisotopic (exact) mass is 576 g/mol. The number of benzene rings is 1. The highest BCUT2D eigenvalue weighted by atomic mass is 16.3. The molecule has 0 saturated heterocycles. The molecule has 5 rings (SSSR count). The third-order valence-corrected chi connectivity index (χ3v) is 8.64. The highest BCUT2D eigenvalue weighted by molar-refractivity contribution is 6.24. The number of phenolic OH excluding ortho intramolecular Hbond substituents is 1. The number of likely N-dealkylation sites (N-methyl/N-ethyl adjacent to an activating group) is 1. The molecule has 0 bridgehead atoms. The van der Waals surface area contributed by atoms with Gasteiger partial charge < -0.3 is 31.5 Å². The molecular formula is C30H32N4O8. The highest BCUT2D eigenvalue weighted by Crippen LogP contribution is 2.52. The van der Waals surface area contributed by atoms with E-state index in [-0.39, 0.29) is 41.8 Å². The molecule has 1 heterocycles. The molecule has 2 amide bonds. The highest BCUT2D eigenvalue weighted by Gasteiger charge is 2.63. The minimum Gasteiger partial charge on any atom is -0.510 e. The topological polar surface area (TPSA) is 203 Å². The fourth-order valence-electron chi connectivity index (χ4n) is 6.68. The first-order valence-electron chi connectivity index (χ1n) is 13.5. The maximum Gasteiger partial charge on any atom is 0.255 e. The number of phenols is 1. The van der Waals surface area contributed by atoms with Crippen molar-refractivity contribution in [1.29, 1.82) is 0 Å². The van der Waals surface area contributed by atoms with Crippen LogP contribution in [-0.2, 0) is 29.0 Å². The number of aliphatic hydroxyl groups is 3. The third-order valence-electron chi connectivity index (χ3n) is 8.64. The Kier molecular flexibility index (Phi) is 7.15. The number of aliphatic hydroxyl groups excluding tert-OH is 2. The molecule has 2 aromatic rings. The summed E-state index contributed by atoms with van der Waals surface area (Å²) in [5.74, 6) is -7.44. The van der Waals surface area contributed by atoms with Gasteiger partial charge in [0.2, 0.25) is 5.78 Å². The number of aromatic nitrogens is 1. The summed E-state index contributed by atoms with van der Waals surface area (Å²) in [4.78, 5) is 57.6. The molecule has 220 valence electrons. The number of ketones is 2. The van der Waals surface area contributed by atoms with Crippen LogP contribution in [0.4, 0.5) is 0 Å². The quantitative estimate of drug-likeness (QED) is 0.269. The first kappa shape index (κ1) is 29.0. The summed E-state index contributed by atoms with van der Waals surface area (Å²) in [5.41, 5.74) is 3.40. The van der Waals surface area contributed by atoms with Gasteiger partial charge in [-0.1, -0.05) is 13.0 Å². The molecule has 3 aliphatic rings. The van der Waals surface area contributed by atoms with Crippen molar-refractivity contribution < 1.29 is 39.6 Å². The summed E-state index contributed by atoms with van der Waals surface area (Å²) in [5, 5.41) is 48.1. The van der Waals surface area contributed by atoms with Gasteiger partial charge in [0.05, 0.1) is 17.2 Å². The molecule has 42 heavy (non-hydrogen) atoms. The normalized spacial score (nSPS) is 25.2. The van der Waals surface area contributed by atoms with Crippen molar-refractivity contribution in [3.63, 3.8) is 0 Å². The van der Waals surface area contributed by atoms with Gasteiger partial charge in [-0.3, -0.25) is 29.1 Å². The lowest BCUT2D eigenvalue weighted by Gasteiger charge is -2.50. The van der Waals surface area contributed by atoms with Crippen LogP contribution < -0.4 is 11.1 Å². The van der Waals surface area contributed by atoms with Crippen LogP contribution in [0.2, 0.25) is 0 Å². The van der Waals surface area contributed by atoms with Crippen molar-refractivity contribution in [2.75, 3.05) is 14.1 Å². The summed E-state index contributed by atoms with van der Waals surface area (Å²) >= 11 is 0. The number of carbonyl (C=O) groups excluding carboxylic acids is 4. The molecule has 1 aromatic heterocycles. The van der Waals surface area contributed by atoms with Gasteiger partial charge in [0.25, 0.3) is 11.8 Å². The lowest BCUT2D eigenvalue weighted by molar-refractivity contribution is -0.148. The summed E-state index contributed by atoms with van der Waals surface area (Å²) in [6, 6.07) is 3.86. The smallest absolute Gasteiger partial charge is 0.255 e. The predicted octanol–water partition coefficient (Wildman–Crippen LogP) is 1.01. The summed E-state index contributed by atoms with van der Waals surface area (Å²) in [6.07, 6.45) is 3.63. The van der Waals surface area contributed by atoms with Crippen LogP contribution in [0, 0.1) is 11.8 Å². The van der Waals surface area contributed by atoms with E-state index in [0.717, 1.165) is 5.56 Å². The van der Waals surface area contributed by atoms with Crippen molar-refractivity contribution in [2.24, 2.45) is 17.6 Å². The molecule has 12 heteroatoms. The largest absolute Gasteiger partial charge is 0.510 e. The van der Waals surface area contributed by atoms with Crippen LogP contribution in [0.15, 0.2) is 53.3 Å². The second-order valence-electron chi connectivity index (χ2n) is 11.1. The maximum absolute atomic E-state index is 14.0. The molecule has 1 aromatic carbocycles. The summed E-state index contributed by atoms with van der Waals surface area (Å²) in [7, 11) is 3.16. The minimum atomic E-state index is -2.71. The summed E-state index contributed by atoms with van der Waals surface area (Å²) < 4.78 is 0. The van der Waals surface area contributed by atoms with Gasteiger partial charge >= 0.3 is 0 Å². The number of fused-ring (bicyclic) bond motifs is 3. The second kappa shape index (κ2) is 10.4.